The van der Waals surface area contributed by atoms with Gasteiger partial charge in [0.15, 0.2) is 0 Å². The molecule has 226 valence electrons. The number of benzene rings is 1. The van der Waals surface area contributed by atoms with Gasteiger partial charge in [-0.15, -0.1) is 0 Å². The van der Waals surface area contributed by atoms with E-state index >= 15 is 0 Å². The third kappa shape index (κ3) is 5.44. The van der Waals surface area contributed by atoms with Gasteiger partial charge in [0.2, 0.25) is 0 Å². The van der Waals surface area contributed by atoms with E-state index in [1.54, 1.807) is 11.1 Å². The van der Waals surface area contributed by atoms with Gasteiger partial charge in [0.05, 0.1) is 11.1 Å². The number of carbonyl (C=O) groups excluding carboxylic acids is 1. The first kappa shape index (κ1) is 30.4. The van der Waals surface area contributed by atoms with Crippen LogP contribution in [0.5, 0.6) is 0 Å². The summed E-state index contributed by atoms with van der Waals surface area (Å²) in [6, 6.07) is 4.39. The molecule has 1 aromatic rings. The Kier molecular flexibility index (Phi) is 8.09. The molecule has 6 atom stereocenters. The van der Waals surface area contributed by atoms with Gasteiger partial charge in [-0.1, -0.05) is 50.5 Å². The second-order valence-electron chi connectivity index (χ2n) is 14.9. The Morgan fingerprint density at radius 2 is 1.68 bits per heavy atom. The van der Waals surface area contributed by atoms with Gasteiger partial charge in [-0.2, -0.15) is 13.2 Å². The van der Waals surface area contributed by atoms with Gasteiger partial charge < -0.3 is 4.74 Å². The SMILES string of the molecule is CC(C)=CCCC[C@H]1CCC2C3=C(CCC21C)C1(C)CCC(OC(=O)c2ccc(C(F)(F)F)cc2)C(C)(C)C1CC3. The van der Waals surface area contributed by atoms with Gasteiger partial charge in [0.1, 0.15) is 6.10 Å². The van der Waals surface area contributed by atoms with E-state index in [4.69, 9.17) is 4.74 Å². The van der Waals surface area contributed by atoms with Gasteiger partial charge in [-0.3, -0.25) is 0 Å². The summed E-state index contributed by atoms with van der Waals surface area (Å²) in [5.74, 6) is 1.44. The van der Waals surface area contributed by atoms with E-state index in [9.17, 15) is 18.0 Å². The number of unbranched alkanes of at least 4 members (excludes halogenated alkanes) is 1. The third-order valence-electron chi connectivity index (χ3n) is 12.1. The lowest BCUT2D eigenvalue weighted by molar-refractivity contribution is -0.137. The lowest BCUT2D eigenvalue weighted by atomic mass is 9.46. The minimum atomic E-state index is -4.42. The minimum absolute atomic E-state index is 0.122. The second-order valence-corrected chi connectivity index (χ2v) is 14.9. The molecule has 2 fully saturated rings. The molecular weight excluding hydrogens is 521 g/mol. The predicted octanol–water partition coefficient (Wildman–Crippen LogP) is 10.7. The van der Waals surface area contributed by atoms with Gasteiger partial charge in [-0.25, -0.2) is 4.79 Å². The van der Waals surface area contributed by atoms with E-state index in [0.29, 0.717) is 11.3 Å². The number of alkyl halides is 3. The zero-order valence-electron chi connectivity index (χ0n) is 25.9. The van der Waals surface area contributed by atoms with Crippen molar-refractivity contribution in [3.63, 3.8) is 0 Å². The summed E-state index contributed by atoms with van der Waals surface area (Å²) < 4.78 is 45.0. The number of carbonyl (C=O) groups is 1. The lowest BCUT2D eigenvalue weighted by Crippen LogP contribution is -2.54. The zero-order valence-corrected chi connectivity index (χ0v) is 25.9. The molecule has 5 unspecified atom stereocenters. The Labute approximate surface area is 245 Å². The molecule has 5 rings (SSSR count). The molecule has 0 amide bonds. The first-order chi connectivity index (χ1) is 19.2. The fourth-order valence-electron chi connectivity index (χ4n) is 9.81. The van der Waals surface area contributed by atoms with Crippen LogP contribution >= 0.6 is 0 Å². The summed E-state index contributed by atoms with van der Waals surface area (Å²) in [6.07, 6.45) is 10.8. The average Bonchev–Trinajstić information content (AvgIpc) is 3.24. The van der Waals surface area contributed by atoms with Crippen molar-refractivity contribution in [2.45, 2.75) is 124 Å². The van der Waals surface area contributed by atoms with Gasteiger partial charge >= 0.3 is 12.1 Å². The summed E-state index contributed by atoms with van der Waals surface area (Å²) in [5.41, 5.74) is 4.69. The lowest BCUT2D eigenvalue weighted by Gasteiger charge is -2.60. The summed E-state index contributed by atoms with van der Waals surface area (Å²) in [7, 11) is 0. The highest BCUT2D eigenvalue weighted by atomic mass is 19.4. The molecule has 1 aromatic carbocycles. The van der Waals surface area contributed by atoms with Crippen molar-refractivity contribution in [1.82, 2.24) is 0 Å². The Balaban J connectivity index is 1.30. The van der Waals surface area contributed by atoms with Gasteiger partial charge in [-0.05, 0) is 137 Å². The third-order valence-corrected chi connectivity index (χ3v) is 12.1. The molecule has 0 aliphatic heterocycles. The average molecular weight is 571 g/mol. The Bertz CT molecular complexity index is 1200. The Hall–Kier alpha value is -2.04. The number of halogens is 3. The number of hydrogen-bond acceptors (Lipinski definition) is 2. The number of fused-ring (bicyclic) bond motifs is 4. The second kappa shape index (κ2) is 10.9. The highest BCUT2D eigenvalue weighted by molar-refractivity contribution is 5.89. The van der Waals surface area contributed by atoms with E-state index in [0.717, 1.165) is 49.7 Å². The molecule has 0 heterocycles. The van der Waals surface area contributed by atoms with Crippen LogP contribution in [0.2, 0.25) is 0 Å². The number of allylic oxidation sites excluding steroid dienone is 4. The van der Waals surface area contributed by atoms with Gasteiger partial charge in [0.25, 0.3) is 0 Å². The van der Waals surface area contributed by atoms with Crippen LogP contribution in [-0.2, 0) is 10.9 Å². The molecule has 4 aliphatic carbocycles. The van der Waals surface area contributed by atoms with Crippen molar-refractivity contribution in [3.05, 3.63) is 58.2 Å². The van der Waals surface area contributed by atoms with E-state index in [1.165, 1.54) is 62.7 Å². The van der Waals surface area contributed by atoms with Crippen LogP contribution in [0.3, 0.4) is 0 Å². The van der Waals surface area contributed by atoms with Crippen LogP contribution in [0.15, 0.2) is 47.1 Å². The normalized spacial score (nSPS) is 34.4. The van der Waals surface area contributed by atoms with Crippen LogP contribution < -0.4 is 0 Å². The van der Waals surface area contributed by atoms with Crippen molar-refractivity contribution in [3.8, 4) is 0 Å². The van der Waals surface area contributed by atoms with E-state index < -0.39 is 17.7 Å². The molecule has 0 spiro atoms. The predicted molar refractivity (Wildman–Crippen MR) is 158 cm³/mol. The molecule has 0 radical (unpaired) electrons. The molecule has 2 nitrogen and oxygen atoms in total. The van der Waals surface area contributed by atoms with E-state index in [2.05, 4.69) is 47.6 Å². The van der Waals surface area contributed by atoms with Crippen LogP contribution in [0.4, 0.5) is 13.2 Å². The van der Waals surface area contributed by atoms with Crippen LogP contribution in [0.1, 0.15) is 128 Å². The van der Waals surface area contributed by atoms with E-state index in [-0.39, 0.29) is 22.5 Å². The summed E-state index contributed by atoms with van der Waals surface area (Å²) >= 11 is 0. The standard InChI is InChI=1S/C36H49F3O2/c1-23(2)9-7-8-10-25-15-17-28-27-16-18-30-33(3,4)31(20-22-35(30,6)29(27)19-21-34(25,28)5)41-32(40)24-11-13-26(14-12-24)36(37,38)39/h9,11-14,25,28,30-31H,7-8,10,15-22H2,1-6H3/t25-,28?,30?,31?,34?,35?/m0/s1. The Morgan fingerprint density at radius 1 is 0.976 bits per heavy atom. The minimum Gasteiger partial charge on any atom is -0.458 e. The van der Waals surface area contributed by atoms with Crippen molar-refractivity contribution in [2.75, 3.05) is 0 Å². The number of rotatable bonds is 6. The summed E-state index contributed by atoms with van der Waals surface area (Å²) in [4.78, 5) is 13.0. The monoisotopic (exact) mass is 570 g/mol. The first-order valence-electron chi connectivity index (χ1n) is 15.9. The van der Waals surface area contributed by atoms with E-state index in [1.807, 2.05) is 0 Å². The molecule has 2 saturated carbocycles. The maximum Gasteiger partial charge on any atom is 0.416 e. The van der Waals surface area contributed by atoms with Crippen LogP contribution in [-0.4, -0.2) is 12.1 Å². The maximum absolute atomic E-state index is 13.0. The highest BCUT2D eigenvalue weighted by Crippen LogP contribution is 2.67. The topological polar surface area (TPSA) is 26.3 Å². The van der Waals surface area contributed by atoms with Gasteiger partial charge in [0, 0.05) is 5.41 Å². The molecule has 41 heavy (non-hydrogen) atoms. The maximum atomic E-state index is 13.0. The largest absolute Gasteiger partial charge is 0.458 e. The van der Waals surface area contributed by atoms with Crippen molar-refractivity contribution in [1.29, 1.82) is 0 Å². The molecular formula is C36H49F3O2. The molecule has 0 N–H and O–H groups in total. The quantitative estimate of drug-likeness (QED) is 0.193. The van der Waals surface area contributed by atoms with Crippen molar-refractivity contribution < 1.29 is 22.7 Å². The number of ether oxygens (including phenoxy) is 1. The fraction of sp³-hybridized carbons (Fsp3) is 0.694. The smallest absolute Gasteiger partial charge is 0.416 e. The fourth-order valence-corrected chi connectivity index (χ4v) is 9.81. The molecule has 0 bridgehead atoms. The highest BCUT2D eigenvalue weighted by Gasteiger charge is 2.59. The van der Waals surface area contributed by atoms with Crippen LogP contribution in [0, 0.1) is 34.0 Å². The number of esters is 1. The molecule has 5 heteroatoms. The van der Waals surface area contributed by atoms with Crippen LogP contribution in [0.25, 0.3) is 0 Å². The first-order valence-corrected chi connectivity index (χ1v) is 15.9. The van der Waals surface area contributed by atoms with Crippen molar-refractivity contribution >= 4 is 5.97 Å². The zero-order chi connectivity index (χ0) is 29.8. The molecule has 0 saturated heterocycles. The molecule has 4 aliphatic rings. The number of hydrogen-bond donors (Lipinski definition) is 0. The Morgan fingerprint density at radius 3 is 2.34 bits per heavy atom. The van der Waals surface area contributed by atoms with Crippen molar-refractivity contribution in [2.24, 2.45) is 34.0 Å². The summed E-state index contributed by atoms with van der Waals surface area (Å²) in [5, 5.41) is 0. The molecule has 0 aromatic heterocycles. The summed E-state index contributed by atoms with van der Waals surface area (Å²) in [6.45, 7) is 14.0.